The summed E-state index contributed by atoms with van der Waals surface area (Å²) < 4.78 is 19.1. The zero-order chi connectivity index (χ0) is 27.8. The molecule has 0 aliphatic heterocycles. The number of rotatable bonds is 11. The third-order valence-corrected chi connectivity index (χ3v) is 6.66. The maximum absolute atomic E-state index is 13.7. The summed E-state index contributed by atoms with van der Waals surface area (Å²) in [5, 5.41) is 0.471. The van der Waals surface area contributed by atoms with Crippen molar-refractivity contribution >= 4 is 22.8 Å². The van der Waals surface area contributed by atoms with Crippen LogP contribution in [0.4, 0.5) is 4.39 Å². The van der Waals surface area contributed by atoms with Gasteiger partial charge in [-0.15, -0.1) is 0 Å². The van der Waals surface area contributed by atoms with Gasteiger partial charge in [-0.2, -0.15) is 0 Å². The number of hydrogen-bond donors (Lipinski definition) is 0. The van der Waals surface area contributed by atoms with Gasteiger partial charge in [-0.1, -0.05) is 67.4 Å². The maximum atomic E-state index is 13.7. The van der Waals surface area contributed by atoms with Gasteiger partial charge in [0, 0.05) is 13.1 Å². The highest BCUT2D eigenvalue weighted by Gasteiger charge is 2.23. The summed E-state index contributed by atoms with van der Waals surface area (Å²) >= 11 is 0. The first-order valence-corrected chi connectivity index (χ1v) is 13.2. The standard InChI is InChI=1S/C32H33FN2O4/c1-3-4-16-34(30(36)18-24-11-13-27(33)14-12-24)21-31(37)35(19-25-8-6-5-7-9-25)20-26-22-39-29-15-10-23(2)17-28(29)32(26)38/h5-15,17,22H,3-4,16,18-21H2,1-2H3. The van der Waals surface area contributed by atoms with Crippen molar-refractivity contribution in [2.75, 3.05) is 13.1 Å². The van der Waals surface area contributed by atoms with Gasteiger partial charge in [-0.05, 0) is 48.7 Å². The van der Waals surface area contributed by atoms with Gasteiger partial charge < -0.3 is 14.2 Å². The summed E-state index contributed by atoms with van der Waals surface area (Å²) in [6.45, 7) is 4.56. The molecule has 0 unspecified atom stereocenters. The van der Waals surface area contributed by atoms with E-state index in [9.17, 15) is 18.8 Å². The number of hydrogen-bond acceptors (Lipinski definition) is 4. The lowest BCUT2D eigenvalue weighted by molar-refractivity contribution is -0.141. The Kier molecular flexibility index (Phi) is 9.26. The van der Waals surface area contributed by atoms with Crippen molar-refractivity contribution in [1.82, 2.24) is 9.80 Å². The molecule has 202 valence electrons. The van der Waals surface area contributed by atoms with E-state index in [4.69, 9.17) is 4.42 Å². The Bertz CT molecular complexity index is 1480. The van der Waals surface area contributed by atoms with E-state index >= 15 is 0 Å². The molecule has 7 heteroatoms. The second-order valence-electron chi connectivity index (χ2n) is 9.80. The number of fused-ring (bicyclic) bond motifs is 1. The average Bonchev–Trinajstić information content (AvgIpc) is 2.94. The van der Waals surface area contributed by atoms with Crippen molar-refractivity contribution in [3.05, 3.63) is 117 Å². The van der Waals surface area contributed by atoms with E-state index in [1.165, 1.54) is 18.4 Å². The highest BCUT2D eigenvalue weighted by molar-refractivity contribution is 5.86. The Morgan fingerprint density at radius 3 is 2.33 bits per heavy atom. The molecular formula is C32H33FN2O4. The first-order chi connectivity index (χ1) is 18.8. The van der Waals surface area contributed by atoms with E-state index in [2.05, 4.69) is 0 Å². The molecule has 39 heavy (non-hydrogen) atoms. The Balaban J connectivity index is 1.59. The molecule has 0 radical (unpaired) electrons. The Morgan fingerprint density at radius 2 is 1.62 bits per heavy atom. The van der Waals surface area contributed by atoms with E-state index in [1.54, 1.807) is 34.1 Å². The van der Waals surface area contributed by atoms with Crippen LogP contribution in [-0.2, 0) is 29.1 Å². The molecule has 0 atom stereocenters. The van der Waals surface area contributed by atoms with E-state index in [0.29, 0.717) is 28.6 Å². The molecule has 3 aromatic carbocycles. The third-order valence-electron chi connectivity index (χ3n) is 6.66. The van der Waals surface area contributed by atoms with Crippen LogP contribution in [-0.4, -0.2) is 34.7 Å². The highest BCUT2D eigenvalue weighted by Crippen LogP contribution is 2.16. The molecule has 2 amide bonds. The van der Waals surface area contributed by atoms with Gasteiger partial charge in [0.1, 0.15) is 11.4 Å². The number of halogens is 1. The molecule has 0 saturated carbocycles. The van der Waals surface area contributed by atoms with Crippen LogP contribution < -0.4 is 5.43 Å². The molecule has 0 saturated heterocycles. The van der Waals surface area contributed by atoms with Crippen molar-refractivity contribution in [3.63, 3.8) is 0 Å². The molecule has 0 spiro atoms. The van der Waals surface area contributed by atoms with Gasteiger partial charge in [0.15, 0.2) is 5.43 Å². The van der Waals surface area contributed by atoms with Crippen LogP contribution in [0.1, 0.15) is 42.0 Å². The second-order valence-corrected chi connectivity index (χ2v) is 9.80. The van der Waals surface area contributed by atoms with Crippen molar-refractivity contribution < 1.29 is 18.4 Å². The molecule has 4 rings (SSSR count). The molecule has 6 nitrogen and oxygen atoms in total. The Morgan fingerprint density at radius 1 is 0.872 bits per heavy atom. The van der Waals surface area contributed by atoms with Crippen LogP contribution in [0.25, 0.3) is 11.0 Å². The lowest BCUT2D eigenvalue weighted by Gasteiger charge is -2.28. The summed E-state index contributed by atoms with van der Waals surface area (Å²) in [4.78, 5) is 43.4. The average molecular weight is 529 g/mol. The number of carbonyl (C=O) groups is 2. The summed E-state index contributed by atoms with van der Waals surface area (Å²) in [7, 11) is 0. The van der Waals surface area contributed by atoms with Crippen molar-refractivity contribution in [3.8, 4) is 0 Å². The number of unbranched alkanes of at least 4 members (excludes halogenated alkanes) is 1. The number of nitrogens with zero attached hydrogens (tertiary/aromatic N) is 2. The minimum absolute atomic E-state index is 0.0493. The SMILES string of the molecule is CCCCN(CC(=O)N(Cc1ccccc1)Cc1coc2ccc(C)cc2c1=O)C(=O)Cc1ccc(F)cc1. The minimum atomic E-state index is -0.367. The zero-order valence-electron chi connectivity index (χ0n) is 22.4. The predicted octanol–water partition coefficient (Wildman–Crippen LogP) is 5.64. The summed E-state index contributed by atoms with van der Waals surface area (Å²) in [6.07, 6.45) is 3.10. The van der Waals surface area contributed by atoms with E-state index < -0.39 is 0 Å². The van der Waals surface area contributed by atoms with E-state index in [-0.39, 0.29) is 49.1 Å². The van der Waals surface area contributed by atoms with Gasteiger partial charge in [-0.3, -0.25) is 14.4 Å². The summed E-state index contributed by atoms with van der Waals surface area (Å²) in [5.74, 6) is -0.844. The van der Waals surface area contributed by atoms with Crippen LogP contribution in [0.5, 0.6) is 0 Å². The lowest BCUT2D eigenvalue weighted by Crippen LogP contribution is -2.43. The van der Waals surface area contributed by atoms with Crippen molar-refractivity contribution in [2.24, 2.45) is 0 Å². The summed E-state index contributed by atoms with van der Waals surface area (Å²) in [5.41, 5.74) is 3.21. The van der Waals surface area contributed by atoms with Crippen LogP contribution in [0, 0.1) is 12.7 Å². The fourth-order valence-electron chi connectivity index (χ4n) is 4.43. The monoisotopic (exact) mass is 528 g/mol. The number of carbonyl (C=O) groups excluding carboxylic acids is 2. The zero-order valence-corrected chi connectivity index (χ0v) is 22.4. The summed E-state index contributed by atoms with van der Waals surface area (Å²) in [6, 6.07) is 20.8. The van der Waals surface area contributed by atoms with Gasteiger partial charge >= 0.3 is 0 Å². The quantitative estimate of drug-likeness (QED) is 0.253. The molecular weight excluding hydrogens is 495 g/mol. The number of benzene rings is 3. The van der Waals surface area contributed by atoms with Gasteiger partial charge in [0.05, 0.1) is 36.7 Å². The normalized spacial score (nSPS) is 10.9. The topological polar surface area (TPSA) is 70.8 Å². The lowest BCUT2D eigenvalue weighted by atomic mass is 10.1. The van der Waals surface area contributed by atoms with Gasteiger partial charge in [0.2, 0.25) is 11.8 Å². The van der Waals surface area contributed by atoms with Crippen LogP contribution in [0.2, 0.25) is 0 Å². The molecule has 1 aromatic heterocycles. The highest BCUT2D eigenvalue weighted by atomic mass is 19.1. The molecule has 0 aliphatic rings. The van der Waals surface area contributed by atoms with Gasteiger partial charge in [0.25, 0.3) is 0 Å². The Labute approximate surface area is 227 Å². The molecule has 0 fully saturated rings. The van der Waals surface area contributed by atoms with Crippen LogP contribution in [0.3, 0.4) is 0 Å². The molecule has 1 heterocycles. The minimum Gasteiger partial charge on any atom is -0.464 e. The van der Waals surface area contributed by atoms with Crippen LogP contribution in [0.15, 0.2) is 88.3 Å². The van der Waals surface area contributed by atoms with Crippen molar-refractivity contribution in [1.29, 1.82) is 0 Å². The number of amides is 2. The Hall–Kier alpha value is -4.26. The fourth-order valence-corrected chi connectivity index (χ4v) is 4.43. The maximum Gasteiger partial charge on any atom is 0.242 e. The largest absolute Gasteiger partial charge is 0.464 e. The smallest absolute Gasteiger partial charge is 0.242 e. The molecule has 0 bridgehead atoms. The molecule has 4 aromatic rings. The predicted molar refractivity (Wildman–Crippen MR) is 150 cm³/mol. The number of aryl methyl sites for hydroxylation is 1. The molecule has 0 N–H and O–H groups in total. The van der Waals surface area contributed by atoms with E-state index in [0.717, 1.165) is 24.0 Å². The first-order valence-electron chi connectivity index (χ1n) is 13.2. The molecule has 0 aliphatic carbocycles. The van der Waals surface area contributed by atoms with Crippen molar-refractivity contribution in [2.45, 2.75) is 46.2 Å². The van der Waals surface area contributed by atoms with Crippen LogP contribution >= 0.6 is 0 Å². The van der Waals surface area contributed by atoms with Gasteiger partial charge in [-0.25, -0.2) is 4.39 Å². The fraction of sp³-hybridized carbons (Fsp3) is 0.281. The van der Waals surface area contributed by atoms with E-state index in [1.807, 2.05) is 50.2 Å². The second kappa shape index (κ2) is 13.0. The first kappa shape index (κ1) is 27.8. The third kappa shape index (κ3) is 7.41.